The van der Waals surface area contributed by atoms with E-state index in [1.165, 1.54) is 0 Å². The van der Waals surface area contributed by atoms with E-state index in [1.807, 2.05) is 61.6 Å². The van der Waals surface area contributed by atoms with Gasteiger partial charge in [0.25, 0.3) is 0 Å². The quantitative estimate of drug-likeness (QED) is 0.688. The standard InChI is InChI=1S/C21H22N2O2/c1-23(15-16-7-12-19(25-2)13-8-16)21(24)14-11-18-10-9-17-5-3-4-6-20(17)22-18/h3-10,12-13H,11,14-15H2,1-2H3. The highest BCUT2D eigenvalue weighted by atomic mass is 16.5. The molecule has 1 heterocycles. The number of hydrogen-bond acceptors (Lipinski definition) is 3. The maximum atomic E-state index is 12.4. The molecule has 1 amide bonds. The van der Waals surface area contributed by atoms with Gasteiger partial charge in [-0.3, -0.25) is 9.78 Å². The van der Waals surface area contributed by atoms with E-state index in [9.17, 15) is 4.79 Å². The molecule has 0 saturated carbocycles. The summed E-state index contributed by atoms with van der Waals surface area (Å²) in [6.07, 6.45) is 1.11. The van der Waals surface area contributed by atoms with Gasteiger partial charge < -0.3 is 9.64 Å². The van der Waals surface area contributed by atoms with Crippen molar-refractivity contribution < 1.29 is 9.53 Å². The Morgan fingerprint density at radius 1 is 1.04 bits per heavy atom. The molecule has 4 heteroatoms. The second kappa shape index (κ2) is 7.79. The van der Waals surface area contributed by atoms with Crippen LogP contribution in [0.25, 0.3) is 10.9 Å². The van der Waals surface area contributed by atoms with Crippen molar-refractivity contribution in [2.24, 2.45) is 0 Å². The van der Waals surface area contributed by atoms with Crippen molar-refractivity contribution in [3.63, 3.8) is 0 Å². The van der Waals surface area contributed by atoms with Crippen LogP contribution in [0.15, 0.2) is 60.7 Å². The monoisotopic (exact) mass is 334 g/mol. The summed E-state index contributed by atoms with van der Waals surface area (Å²) in [5.74, 6) is 0.936. The number of benzene rings is 2. The molecular formula is C21H22N2O2. The van der Waals surface area contributed by atoms with Crippen LogP contribution in [0.2, 0.25) is 0 Å². The summed E-state index contributed by atoms with van der Waals surface area (Å²) in [6.45, 7) is 0.591. The lowest BCUT2D eigenvalue weighted by Crippen LogP contribution is -2.26. The van der Waals surface area contributed by atoms with Gasteiger partial charge in [-0.2, -0.15) is 0 Å². The molecule has 0 unspecified atom stereocenters. The van der Waals surface area contributed by atoms with Gasteiger partial charge in [0, 0.05) is 31.1 Å². The number of carbonyl (C=O) groups excluding carboxylic acids is 1. The van der Waals surface area contributed by atoms with Gasteiger partial charge in [0.1, 0.15) is 5.75 Å². The molecule has 0 bridgehead atoms. The third-order valence-corrected chi connectivity index (χ3v) is 4.26. The van der Waals surface area contributed by atoms with E-state index in [-0.39, 0.29) is 5.91 Å². The largest absolute Gasteiger partial charge is 0.497 e. The van der Waals surface area contributed by atoms with Crippen LogP contribution in [0.1, 0.15) is 17.7 Å². The Kier molecular flexibility index (Phi) is 5.29. The van der Waals surface area contributed by atoms with Crippen LogP contribution in [0.3, 0.4) is 0 Å². The molecule has 0 spiro atoms. The van der Waals surface area contributed by atoms with Crippen LogP contribution in [0, 0.1) is 0 Å². The predicted octanol–water partition coefficient (Wildman–Crippen LogP) is 3.83. The van der Waals surface area contributed by atoms with E-state index < -0.39 is 0 Å². The fourth-order valence-corrected chi connectivity index (χ4v) is 2.77. The smallest absolute Gasteiger partial charge is 0.223 e. The highest BCUT2D eigenvalue weighted by Gasteiger charge is 2.10. The van der Waals surface area contributed by atoms with Gasteiger partial charge >= 0.3 is 0 Å². The zero-order valence-electron chi connectivity index (χ0n) is 14.6. The molecule has 2 aromatic carbocycles. The molecule has 0 radical (unpaired) electrons. The molecule has 1 aromatic heterocycles. The predicted molar refractivity (Wildman–Crippen MR) is 99.5 cm³/mol. The minimum absolute atomic E-state index is 0.116. The van der Waals surface area contributed by atoms with Gasteiger partial charge in [-0.1, -0.05) is 36.4 Å². The van der Waals surface area contributed by atoms with E-state index in [0.29, 0.717) is 19.4 Å². The molecule has 25 heavy (non-hydrogen) atoms. The third kappa shape index (κ3) is 4.35. The topological polar surface area (TPSA) is 42.4 Å². The highest BCUT2D eigenvalue weighted by Crippen LogP contribution is 2.15. The van der Waals surface area contributed by atoms with Crippen LogP contribution < -0.4 is 4.74 Å². The van der Waals surface area contributed by atoms with Crippen LogP contribution in [0.4, 0.5) is 0 Å². The zero-order valence-corrected chi connectivity index (χ0v) is 14.6. The van der Waals surface area contributed by atoms with E-state index in [0.717, 1.165) is 27.9 Å². The molecule has 0 aliphatic carbocycles. The molecule has 0 saturated heterocycles. The number of aromatic nitrogens is 1. The Hall–Kier alpha value is -2.88. The summed E-state index contributed by atoms with van der Waals surface area (Å²) < 4.78 is 5.15. The van der Waals surface area contributed by atoms with Crippen LogP contribution in [0.5, 0.6) is 5.75 Å². The Bertz CT molecular complexity index is 859. The molecular weight excluding hydrogens is 312 g/mol. The molecule has 0 fully saturated rings. The molecule has 0 aliphatic rings. The van der Waals surface area contributed by atoms with Gasteiger partial charge in [0.15, 0.2) is 0 Å². The van der Waals surface area contributed by atoms with Gasteiger partial charge in [-0.05, 0) is 36.2 Å². The summed E-state index contributed by atoms with van der Waals surface area (Å²) in [6, 6.07) is 19.9. The number of hydrogen-bond donors (Lipinski definition) is 0. The zero-order chi connectivity index (χ0) is 17.6. The van der Waals surface area contributed by atoms with Gasteiger partial charge in [0.05, 0.1) is 12.6 Å². The number of carbonyl (C=O) groups is 1. The number of nitrogens with zero attached hydrogens (tertiary/aromatic N) is 2. The summed E-state index contributed by atoms with van der Waals surface area (Å²) in [5, 5.41) is 1.12. The number of ether oxygens (including phenoxy) is 1. The number of para-hydroxylation sites is 1. The number of fused-ring (bicyclic) bond motifs is 1. The molecule has 3 aromatic rings. The Labute approximate surface area is 148 Å². The fourth-order valence-electron chi connectivity index (χ4n) is 2.77. The first-order valence-electron chi connectivity index (χ1n) is 8.37. The van der Waals surface area contributed by atoms with Crippen LogP contribution in [-0.2, 0) is 17.8 Å². The summed E-state index contributed by atoms with van der Waals surface area (Å²) in [7, 11) is 3.48. The molecule has 0 atom stereocenters. The number of amides is 1. The van der Waals surface area contributed by atoms with Crippen molar-refractivity contribution >= 4 is 16.8 Å². The van der Waals surface area contributed by atoms with Gasteiger partial charge in [-0.15, -0.1) is 0 Å². The van der Waals surface area contributed by atoms with Crippen molar-refractivity contribution in [1.82, 2.24) is 9.88 Å². The lowest BCUT2D eigenvalue weighted by molar-refractivity contribution is -0.130. The lowest BCUT2D eigenvalue weighted by atomic mass is 10.1. The third-order valence-electron chi connectivity index (χ3n) is 4.26. The summed E-state index contributed by atoms with van der Waals surface area (Å²) >= 11 is 0. The van der Waals surface area contributed by atoms with Crippen LogP contribution in [-0.4, -0.2) is 29.9 Å². The summed E-state index contributed by atoms with van der Waals surface area (Å²) in [4.78, 5) is 18.8. The minimum atomic E-state index is 0.116. The maximum absolute atomic E-state index is 12.4. The van der Waals surface area contributed by atoms with E-state index in [2.05, 4.69) is 11.1 Å². The van der Waals surface area contributed by atoms with Crippen molar-refractivity contribution in [2.75, 3.05) is 14.2 Å². The highest BCUT2D eigenvalue weighted by molar-refractivity contribution is 5.79. The first kappa shape index (κ1) is 17.0. The fraction of sp³-hybridized carbons (Fsp3) is 0.238. The second-order valence-electron chi connectivity index (χ2n) is 6.09. The van der Waals surface area contributed by atoms with Gasteiger partial charge in [0.2, 0.25) is 5.91 Å². The normalized spacial score (nSPS) is 10.6. The number of aryl methyl sites for hydroxylation is 1. The molecule has 128 valence electrons. The minimum Gasteiger partial charge on any atom is -0.497 e. The first-order chi connectivity index (χ1) is 12.2. The molecule has 0 N–H and O–H groups in total. The van der Waals surface area contributed by atoms with Crippen molar-refractivity contribution in [3.05, 3.63) is 71.9 Å². The Morgan fingerprint density at radius 2 is 1.80 bits per heavy atom. The first-order valence-corrected chi connectivity index (χ1v) is 8.37. The maximum Gasteiger partial charge on any atom is 0.223 e. The SMILES string of the molecule is COc1ccc(CN(C)C(=O)CCc2ccc3ccccc3n2)cc1. The Morgan fingerprint density at radius 3 is 2.56 bits per heavy atom. The second-order valence-corrected chi connectivity index (χ2v) is 6.09. The average molecular weight is 334 g/mol. The van der Waals surface area contributed by atoms with E-state index in [1.54, 1.807) is 12.0 Å². The van der Waals surface area contributed by atoms with Crippen LogP contribution >= 0.6 is 0 Å². The lowest BCUT2D eigenvalue weighted by Gasteiger charge is -2.17. The number of rotatable bonds is 6. The van der Waals surface area contributed by atoms with Gasteiger partial charge in [-0.25, -0.2) is 0 Å². The number of methoxy groups -OCH3 is 1. The van der Waals surface area contributed by atoms with E-state index in [4.69, 9.17) is 4.74 Å². The van der Waals surface area contributed by atoms with Crippen molar-refractivity contribution in [1.29, 1.82) is 0 Å². The molecule has 3 rings (SSSR count). The van der Waals surface area contributed by atoms with E-state index >= 15 is 0 Å². The molecule has 4 nitrogen and oxygen atoms in total. The van der Waals surface area contributed by atoms with Crippen molar-refractivity contribution in [3.8, 4) is 5.75 Å². The Balaban J connectivity index is 1.56. The molecule has 0 aliphatic heterocycles. The number of pyridine rings is 1. The van der Waals surface area contributed by atoms with Crippen molar-refractivity contribution in [2.45, 2.75) is 19.4 Å². The average Bonchev–Trinajstić information content (AvgIpc) is 2.66. The summed E-state index contributed by atoms with van der Waals surface area (Å²) in [5.41, 5.74) is 3.00.